The van der Waals surface area contributed by atoms with Gasteiger partial charge in [-0.15, -0.1) is 0 Å². The van der Waals surface area contributed by atoms with Crippen molar-refractivity contribution in [2.24, 2.45) is 27.9 Å². The molecule has 0 aromatic heterocycles. The molecule has 1 aromatic rings. The van der Waals surface area contributed by atoms with Crippen LogP contribution in [0.3, 0.4) is 0 Å². The van der Waals surface area contributed by atoms with Crippen LogP contribution in [0.5, 0.6) is 5.75 Å². The number of guanidine groups is 1. The van der Waals surface area contributed by atoms with Crippen LogP contribution in [-0.2, 0) is 25.6 Å². The van der Waals surface area contributed by atoms with Crippen LogP contribution in [0.4, 0.5) is 0 Å². The molecule has 0 aliphatic rings. The number of hydrogen-bond acceptors (Lipinski definition) is 8. The Labute approximate surface area is 221 Å². The molecule has 0 aliphatic heterocycles. The normalized spacial score (nSPS) is 13.9. The Balaban J connectivity index is 2.75. The van der Waals surface area contributed by atoms with Gasteiger partial charge in [-0.2, -0.15) is 0 Å². The molecule has 0 spiro atoms. The zero-order valence-electron chi connectivity index (χ0n) is 21.6. The third kappa shape index (κ3) is 12.4. The van der Waals surface area contributed by atoms with Crippen molar-refractivity contribution >= 4 is 29.7 Å². The molecule has 1 rings (SSSR count). The fourth-order valence-corrected chi connectivity index (χ4v) is 3.43. The Morgan fingerprint density at radius 2 is 1.53 bits per heavy atom. The first kappa shape index (κ1) is 32.1. The van der Waals surface area contributed by atoms with Gasteiger partial charge in [-0.25, -0.2) is 4.79 Å². The lowest BCUT2D eigenvalue weighted by Crippen LogP contribution is -2.56. The Kier molecular flexibility index (Phi) is 14.2. The lowest BCUT2D eigenvalue weighted by atomic mass is 10.0. The van der Waals surface area contributed by atoms with Crippen molar-refractivity contribution in [2.45, 2.75) is 69.6 Å². The smallest absolute Gasteiger partial charge is 0.326 e. The summed E-state index contributed by atoms with van der Waals surface area (Å²) in [6.45, 7) is 2.12. The number of aliphatic carboxylic acids is 1. The predicted octanol–water partition coefficient (Wildman–Crippen LogP) is -2.00. The highest BCUT2D eigenvalue weighted by Gasteiger charge is 2.28. The van der Waals surface area contributed by atoms with Crippen LogP contribution >= 0.6 is 0 Å². The number of nitrogens with two attached hydrogens (primary N) is 4. The quantitative estimate of drug-likeness (QED) is 0.0600. The average molecular weight is 537 g/mol. The van der Waals surface area contributed by atoms with Gasteiger partial charge in [0.2, 0.25) is 17.7 Å². The summed E-state index contributed by atoms with van der Waals surface area (Å²) in [5.74, 6) is -3.16. The van der Waals surface area contributed by atoms with E-state index in [0.29, 0.717) is 37.9 Å². The molecule has 0 fully saturated rings. The van der Waals surface area contributed by atoms with Crippen molar-refractivity contribution in [3.05, 3.63) is 29.8 Å². The van der Waals surface area contributed by atoms with Crippen LogP contribution in [0.15, 0.2) is 29.3 Å². The van der Waals surface area contributed by atoms with Crippen LogP contribution in [0.1, 0.15) is 44.6 Å². The Bertz CT molecular complexity index is 952. The standard InChI is InChI=1S/C24H40N8O6/c1-14(20(34)32-19(23(37)38)13-15-7-9-16(33)10-8-15)30-22(36)18(6-2-3-11-25)31-21(35)17(26)5-4-12-29-24(27)28/h7-10,14,17-19,33H,2-6,11-13,25-26H2,1H3,(H,30,36)(H,31,35)(H,32,34)(H,37,38)(H4,27,28,29). The van der Waals surface area contributed by atoms with Gasteiger partial charge >= 0.3 is 5.97 Å². The summed E-state index contributed by atoms with van der Waals surface area (Å²) in [6.07, 6.45) is 2.16. The number of unbranched alkanes of at least 4 members (excludes halogenated alkanes) is 1. The lowest BCUT2D eigenvalue weighted by Gasteiger charge is -2.23. The van der Waals surface area contributed by atoms with Crippen LogP contribution in [0.25, 0.3) is 0 Å². The molecule has 0 bridgehead atoms. The average Bonchev–Trinajstić information content (AvgIpc) is 2.86. The van der Waals surface area contributed by atoms with E-state index in [9.17, 15) is 29.4 Å². The number of carbonyl (C=O) groups excluding carboxylic acids is 3. The van der Waals surface area contributed by atoms with Gasteiger partial charge in [0.1, 0.15) is 23.9 Å². The number of aromatic hydroxyl groups is 1. The number of nitrogens with one attached hydrogen (secondary N) is 3. The second kappa shape index (κ2) is 16.8. The Morgan fingerprint density at radius 1 is 0.895 bits per heavy atom. The number of aliphatic imine (C=N–C) groups is 1. The van der Waals surface area contributed by atoms with E-state index in [1.54, 1.807) is 12.1 Å². The molecule has 0 saturated heterocycles. The van der Waals surface area contributed by atoms with Gasteiger partial charge in [-0.05, 0) is 63.3 Å². The van der Waals surface area contributed by atoms with Gasteiger partial charge in [0.05, 0.1) is 6.04 Å². The number of phenolic OH excluding ortho intramolecular Hbond substituents is 1. The minimum atomic E-state index is -1.26. The summed E-state index contributed by atoms with van der Waals surface area (Å²) in [4.78, 5) is 53.7. The van der Waals surface area contributed by atoms with E-state index in [0.717, 1.165) is 0 Å². The van der Waals surface area contributed by atoms with Gasteiger partial charge in [0, 0.05) is 13.0 Å². The van der Waals surface area contributed by atoms with Crippen molar-refractivity contribution in [2.75, 3.05) is 13.1 Å². The highest BCUT2D eigenvalue weighted by Crippen LogP contribution is 2.12. The molecule has 0 saturated carbocycles. The summed E-state index contributed by atoms with van der Waals surface area (Å²) < 4.78 is 0. The van der Waals surface area contributed by atoms with Crippen molar-refractivity contribution in [1.29, 1.82) is 0 Å². The second-order valence-electron chi connectivity index (χ2n) is 8.90. The Hall–Kier alpha value is -3.91. The third-order valence-corrected chi connectivity index (χ3v) is 5.63. The second-order valence-corrected chi connectivity index (χ2v) is 8.90. The van der Waals surface area contributed by atoms with Crippen LogP contribution in [-0.4, -0.2) is 77.1 Å². The van der Waals surface area contributed by atoms with E-state index in [4.69, 9.17) is 22.9 Å². The zero-order valence-corrected chi connectivity index (χ0v) is 21.6. The van der Waals surface area contributed by atoms with Crippen LogP contribution in [0, 0.1) is 0 Å². The van der Waals surface area contributed by atoms with Gasteiger partial charge < -0.3 is 49.1 Å². The van der Waals surface area contributed by atoms with E-state index in [-0.39, 0.29) is 31.0 Å². The molecule has 3 amide bonds. The maximum Gasteiger partial charge on any atom is 0.326 e. The number of carbonyl (C=O) groups is 4. The first-order chi connectivity index (χ1) is 17.9. The molecule has 14 heteroatoms. The molecule has 212 valence electrons. The summed E-state index contributed by atoms with van der Waals surface area (Å²) in [5.41, 5.74) is 22.6. The minimum absolute atomic E-state index is 0.0269. The number of amides is 3. The van der Waals surface area contributed by atoms with Gasteiger partial charge in [0.25, 0.3) is 0 Å². The number of carboxylic acids is 1. The SMILES string of the molecule is CC(NC(=O)C(CCCCN)NC(=O)C(N)CCCN=C(N)N)C(=O)NC(Cc1ccc(O)cc1)C(=O)O. The molecule has 0 radical (unpaired) electrons. The summed E-state index contributed by atoms with van der Waals surface area (Å²) in [7, 11) is 0. The topological polar surface area (TPSA) is 261 Å². The number of rotatable bonds is 17. The van der Waals surface area contributed by atoms with E-state index in [2.05, 4.69) is 20.9 Å². The number of hydrogen-bond donors (Lipinski definition) is 9. The molecule has 0 aliphatic carbocycles. The largest absolute Gasteiger partial charge is 0.508 e. The summed E-state index contributed by atoms with van der Waals surface area (Å²) in [5, 5.41) is 26.5. The van der Waals surface area contributed by atoms with Crippen molar-refractivity contribution in [1.82, 2.24) is 16.0 Å². The Morgan fingerprint density at radius 3 is 2.11 bits per heavy atom. The first-order valence-electron chi connectivity index (χ1n) is 12.4. The van der Waals surface area contributed by atoms with E-state index < -0.39 is 47.9 Å². The molecular weight excluding hydrogens is 496 g/mol. The van der Waals surface area contributed by atoms with Gasteiger partial charge in [-0.1, -0.05) is 12.1 Å². The first-order valence-corrected chi connectivity index (χ1v) is 12.4. The number of nitrogens with zero attached hydrogens (tertiary/aromatic N) is 1. The fourth-order valence-electron chi connectivity index (χ4n) is 3.43. The number of benzene rings is 1. The highest BCUT2D eigenvalue weighted by atomic mass is 16.4. The molecule has 13 N–H and O–H groups in total. The van der Waals surface area contributed by atoms with Gasteiger partial charge in [0.15, 0.2) is 5.96 Å². The minimum Gasteiger partial charge on any atom is -0.508 e. The maximum absolute atomic E-state index is 12.9. The predicted molar refractivity (Wildman–Crippen MR) is 142 cm³/mol. The maximum atomic E-state index is 12.9. The monoisotopic (exact) mass is 536 g/mol. The molecular formula is C24H40N8O6. The molecule has 4 atom stereocenters. The number of phenols is 1. The van der Waals surface area contributed by atoms with E-state index >= 15 is 0 Å². The van der Waals surface area contributed by atoms with E-state index in [1.807, 2.05) is 0 Å². The summed E-state index contributed by atoms with van der Waals surface area (Å²) in [6, 6.07) is 1.69. The third-order valence-electron chi connectivity index (χ3n) is 5.63. The van der Waals surface area contributed by atoms with Crippen LogP contribution in [0.2, 0.25) is 0 Å². The van der Waals surface area contributed by atoms with Crippen molar-refractivity contribution in [3.63, 3.8) is 0 Å². The fraction of sp³-hybridized carbons (Fsp3) is 0.542. The van der Waals surface area contributed by atoms with Crippen LogP contribution < -0.4 is 38.9 Å². The zero-order chi connectivity index (χ0) is 28.7. The summed E-state index contributed by atoms with van der Waals surface area (Å²) >= 11 is 0. The molecule has 14 nitrogen and oxygen atoms in total. The number of carboxylic acid groups (broad SMARTS) is 1. The molecule has 38 heavy (non-hydrogen) atoms. The van der Waals surface area contributed by atoms with Crippen molar-refractivity contribution in [3.8, 4) is 5.75 Å². The van der Waals surface area contributed by atoms with Crippen molar-refractivity contribution < 1.29 is 29.4 Å². The molecule has 0 heterocycles. The van der Waals surface area contributed by atoms with E-state index in [1.165, 1.54) is 19.1 Å². The lowest BCUT2D eigenvalue weighted by molar-refractivity contribution is -0.142. The molecule has 4 unspecified atom stereocenters. The van der Waals surface area contributed by atoms with Gasteiger partial charge in [-0.3, -0.25) is 19.4 Å². The highest BCUT2D eigenvalue weighted by molar-refractivity contribution is 5.93. The molecule has 1 aromatic carbocycles.